The number of esters is 1. The molecule has 0 fully saturated rings. The number of amides is 1. The average Bonchev–Trinajstić information content (AvgIpc) is 2.32. The molecule has 1 aromatic carbocycles. The number of hydrogen-bond donors (Lipinski definition) is 3. The summed E-state index contributed by atoms with van der Waals surface area (Å²) in [5.74, 6) is -0.545. The molecule has 0 aliphatic heterocycles. The van der Waals surface area contributed by atoms with Crippen LogP contribution in [0.5, 0.6) is 0 Å². The maximum absolute atomic E-state index is 11.5. The number of nitrogen functional groups attached to an aromatic ring is 2. The van der Waals surface area contributed by atoms with E-state index in [-0.39, 0.29) is 25.1 Å². The normalized spacial score (nSPS) is 10.2. The molecule has 7 heteroatoms. The van der Waals surface area contributed by atoms with E-state index in [4.69, 9.17) is 20.9 Å². The lowest BCUT2D eigenvalue weighted by molar-refractivity contribution is -0.148. The van der Waals surface area contributed by atoms with Gasteiger partial charge in [-0.05, 0) is 18.2 Å². The van der Waals surface area contributed by atoms with Gasteiger partial charge in [0.05, 0.1) is 5.92 Å². The van der Waals surface area contributed by atoms with E-state index >= 15 is 0 Å². The van der Waals surface area contributed by atoms with Crippen molar-refractivity contribution in [3.8, 4) is 0 Å². The van der Waals surface area contributed by atoms with Crippen LogP contribution in [0.1, 0.15) is 13.8 Å². The number of benzene rings is 1. The van der Waals surface area contributed by atoms with Gasteiger partial charge in [0.2, 0.25) is 0 Å². The van der Waals surface area contributed by atoms with Gasteiger partial charge in [0, 0.05) is 17.1 Å². The molecule has 0 unspecified atom stereocenters. The summed E-state index contributed by atoms with van der Waals surface area (Å²) < 4.78 is 9.71. The Hall–Kier alpha value is -2.44. The number of nitrogens with one attached hydrogen (secondary N) is 1. The molecule has 110 valence electrons. The van der Waals surface area contributed by atoms with Gasteiger partial charge in [-0.2, -0.15) is 0 Å². The number of ether oxygens (including phenoxy) is 2. The van der Waals surface area contributed by atoms with Crippen molar-refractivity contribution in [2.24, 2.45) is 5.92 Å². The van der Waals surface area contributed by atoms with Gasteiger partial charge in [-0.1, -0.05) is 13.8 Å². The SMILES string of the molecule is CC(C)C(=O)OCCOC(=O)Nc1cc(N)cc(N)c1. The van der Waals surface area contributed by atoms with Crippen LogP contribution in [-0.4, -0.2) is 25.3 Å². The Kier molecular flexibility index (Phi) is 5.64. The Morgan fingerprint density at radius 2 is 1.65 bits per heavy atom. The fourth-order valence-electron chi connectivity index (χ4n) is 1.35. The van der Waals surface area contributed by atoms with Gasteiger partial charge in [-0.25, -0.2) is 4.79 Å². The minimum atomic E-state index is -0.671. The van der Waals surface area contributed by atoms with Crippen LogP contribution in [0, 0.1) is 5.92 Å². The summed E-state index contributed by atoms with van der Waals surface area (Å²) in [6.07, 6.45) is -0.671. The van der Waals surface area contributed by atoms with Crippen LogP contribution in [0.3, 0.4) is 0 Å². The van der Waals surface area contributed by atoms with E-state index in [9.17, 15) is 9.59 Å². The molecule has 0 saturated carbocycles. The fraction of sp³-hybridized carbons (Fsp3) is 0.385. The summed E-state index contributed by atoms with van der Waals surface area (Å²) in [5.41, 5.74) is 12.5. The fourth-order valence-corrected chi connectivity index (χ4v) is 1.35. The third-order valence-electron chi connectivity index (χ3n) is 2.26. The first-order chi connectivity index (χ1) is 9.38. The standard InChI is InChI=1S/C13H19N3O4/c1-8(2)12(17)19-3-4-20-13(18)16-11-6-9(14)5-10(15)7-11/h5-8H,3-4,14-15H2,1-2H3,(H,16,18). The molecular weight excluding hydrogens is 262 g/mol. The molecule has 1 amide bonds. The summed E-state index contributed by atoms with van der Waals surface area (Å²) in [6.45, 7) is 3.44. The highest BCUT2D eigenvalue weighted by molar-refractivity contribution is 5.86. The van der Waals surface area contributed by atoms with Crippen LogP contribution >= 0.6 is 0 Å². The van der Waals surface area contributed by atoms with Gasteiger partial charge in [-0.15, -0.1) is 0 Å². The predicted octanol–water partition coefficient (Wildman–Crippen LogP) is 1.60. The van der Waals surface area contributed by atoms with Gasteiger partial charge in [0.1, 0.15) is 13.2 Å². The van der Waals surface area contributed by atoms with E-state index in [2.05, 4.69) is 5.32 Å². The molecule has 1 aromatic rings. The molecule has 5 N–H and O–H groups in total. The Morgan fingerprint density at radius 3 is 2.20 bits per heavy atom. The van der Waals surface area contributed by atoms with E-state index in [1.54, 1.807) is 32.0 Å². The number of hydrogen-bond acceptors (Lipinski definition) is 6. The summed E-state index contributed by atoms with van der Waals surface area (Å²) in [5, 5.41) is 2.47. The molecule has 0 aromatic heterocycles. The van der Waals surface area contributed by atoms with E-state index in [1.165, 1.54) is 0 Å². The highest BCUT2D eigenvalue weighted by Gasteiger charge is 2.09. The Labute approximate surface area is 117 Å². The zero-order chi connectivity index (χ0) is 15.1. The Morgan fingerprint density at radius 1 is 1.10 bits per heavy atom. The van der Waals surface area contributed by atoms with Crippen molar-refractivity contribution in [2.75, 3.05) is 30.0 Å². The topological polar surface area (TPSA) is 117 Å². The smallest absolute Gasteiger partial charge is 0.411 e. The third-order valence-corrected chi connectivity index (χ3v) is 2.26. The summed E-state index contributed by atoms with van der Waals surface area (Å²) in [6, 6.07) is 4.68. The predicted molar refractivity (Wildman–Crippen MR) is 76.0 cm³/mol. The molecule has 0 bridgehead atoms. The number of anilines is 3. The van der Waals surface area contributed by atoms with E-state index in [0.29, 0.717) is 17.1 Å². The lowest BCUT2D eigenvalue weighted by atomic mass is 10.2. The second-order valence-corrected chi connectivity index (χ2v) is 4.47. The molecular formula is C13H19N3O4. The highest BCUT2D eigenvalue weighted by atomic mass is 16.6. The van der Waals surface area contributed by atoms with E-state index < -0.39 is 6.09 Å². The lowest BCUT2D eigenvalue weighted by Crippen LogP contribution is -2.19. The molecule has 7 nitrogen and oxygen atoms in total. The Balaban J connectivity index is 2.32. The first-order valence-corrected chi connectivity index (χ1v) is 6.15. The maximum Gasteiger partial charge on any atom is 0.411 e. The summed E-state index contributed by atoms with van der Waals surface area (Å²) in [4.78, 5) is 22.6. The number of carbonyl (C=O) groups excluding carboxylic acids is 2. The van der Waals surface area contributed by atoms with Gasteiger partial charge in [-0.3, -0.25) is 10.1 Å². The third kappa shape index (κ3) is 5.47. The molecule has 0 radical (unpaired) electrons. The second kappa shape index (κ2) is 7.22. The van der Waals surface area contributed by atoms with Crippen LogP contribution in [0.25, 0.3) is 0 Å². The number of carbonyl (C=O) groups is 2. The van der Waals surface area contributed by atoms with Crippen molar-refractivity contribution in [2.45, 2.75) is 13.8 Å². The molecule has 0 saturated heterocycles. The lowest BCUT2D eigenvalue weighted by Gasteiger charge is -2.09. The first kappa shape index (κ1) is 15.6. The monoisotopic (exact) mass is 281 g/mol. The van der Waals surface area contributed by atoms with Crippen LogP contribution in [0.2, 0.25) is 0 Å². The molecule has 0 atom stereocenters. The van der Waals surface area contributed by atoms with E-state index in [0.717, 1.165) is 0 Å². The minimum Gasteiger partial charge on any atom is -0.462 e. The number of nitrogens with two attached hydrogens (primary N) is 2. The zero-order valence-corrected chi connectivity index (χ0v) is 11.5. The molecule has 20 heavy (non-hydrogen) atoms. The van der Waals surface area contributed by atoms with Crippen molar-refractivity contribution in [1.29, 1.82) is 0 Å². The Bertz CT molecular complexity index is 468. The maximum atomic E-state index is 11.5. The first-order valence-electron chi connectivity index (χ1n) is 6.15. The summed E-state index contributed by atoms with van der Waals surface area (Å²) in [7, 11) is 0. The molecule has 0 heterocycles. The van der Waals surface area contributed by atoms with Crippen LogP contribution in [-0.2, 0) is 14.3 Å². The van der Waals surface area contributed by atoms with Crippen LogP contribution < -0.4 is 16.8 Å². The van der Waals surface area contributed by atoms with Crippen LogP contribution in [0.15, 0.2) is 18.2 Å². The second-order valence-electron chi connectivity index (χ2n) is 4.47. The zero-order valence-electron chi connectivity index (χ0n) is 11.5. The number of rotatable bonds is 5. The van der Waals surface area contributed by atoms with Gasteiger partial charge < -0.3 is 20.9 Å². The highest BCUT2D eigenvalue weighted by Crippen LogP contribution is 2.18. The van der Waals surface area contributed by atoms with Crippen molar-refractivity contribution < 1.29 is 19.1 Å². The minimum absolute atomic E-state index is 0.0174. The van der Waals surface area contributed by atoms with Gasteiger partial charge >= 0.3 is 12.1 Å². The van der Waals surface area contributed by atoms with Crippen molar-refractivity contribution in [1.82, 2.24) is 0 Å². The van der Waals surface area contributed by atoms with Crippen molar-refractivity contribution in [3.63, 3.8) is 0 Å². The van der Waals surface area contributed by atoms with Gasteiger partial charge in [0.25, 0.3) is 0 Å². The molecule has 0 aliphatic carbocycles. The average molecular weight is 281 g/mol. The van der Waals surface area contributed by atoms with Crippen molar-refractivity contribution >= 4 is 29.1 Å². The van der Waals surface area contributed by atoms with Crippen molar-refractivity contribution in [3.05, 3.63) is 18.2 Å². The summed E-state index contributed by atoms with van der Waals surface area (Å²) >= 11 is 0. The quantitative estimate of drug-likeness (QED) is 0.429. The largest absolute Gasteiger partial charge is 0.462 e. The molecule has 1 rings (SSSR count). The van der Waals surface area contributed by atoms with E-state index in [1.807, 2.05) is 0 Å². The molecule has 0 aliphatic rings. The molecule has 0 spiro atoms. The van der Waals surface area contributed by atoms with Crippen LogP contribution in [0.4, 0.5) is 21.9 Å². The van der Waals surface area contributed by atoms with Gasteiger partial charge in [0.15, 0.2) is 0 Å².